The molecular weight excluding hydrogens is 302 g/mol. The monoisotopic (exact) mass is 319 g/mol. The molecule has 1 aromatic heterocycles. The number of hydrogen-bond donors (Lipinski definition) is 2. The fourth-order valence-electron chi connectivity index (χ4n) is 2.81. The number of thiophene rings is 1. The van der Waals surface area contributed by atoms with Crippen molar-refractivity contribution in [3.8, 4) is 0 Å². The highest BCUT2D eigenvalue weighted by Gasteiger charge is 2.39. The van der Waals surface area contributed by atoms with Crippen LogP contribution < -0.4 is 10.5 Å². The van der Waals surface area contributed by atoms with Crippen LogP contribution in [0.3, 0.4) is 0 Å². The van der Waals surface area contributed by atoms with Crippen molar-refractivity contribution < 1.29 is 8.42 Å². The van der Waals surface area contributed by atoms with E-state index in [2.05, 4.69) is 24.2 Å². The van der Waals surface area contributed by atoms with Gasteiger partial charge in [-0.25, -0.2) is 13.6 Å². The SMILES string of the molecule is C[C@H]1CN(C)[C@@H]2CSc3sc(S(N)(=O)=O)cc3[C@H]2N1. The van der Waals surface area contributed by atoms with Gasteiger partial charge in [0.15, 0.2) is 0 Å². The number of nitrogens with two attached hydrogens (primary N) is 1. The van der Waals surface area contributed by atoms with E-state index in [1.807, 2.05) is 0 Å². The van der Waals surface area contributed by atoms with Crippen LogP contribution in [0.5, 0.6) is 0 Å². The molecule has 8 heteroatoms. The van der Waals surface area contributed by atoms with Crippen LogP contribution in [0.15, 0.2) is 14.5 Å². The number of nitrogens with one attached hydrogen (secondary N) is 1. The van der Waals surface area contributed by atoms with Gasteiger partial charge in [-0.1, -0.05) is 0 Å². The Morgan fingerprint density at radius 1 is 1.53 bits per heavy atom. The fourth-order valence-corrected chi connectivity index (χ4v) is 6.48. The summed E-state index contributed by atoms with van der Waals surface area (Å²) in [5, 5.41) is 8.82. The molecule has 0 aliphatic carbocycles. The molecular formula is C11H17N3O2S3. The summed E-state index contributed by atoms with van der Waals surface area (Å²) >= 11 is 3.03. The first-order valence-corrected chi connectivity index (χ1v) is 9.46. The van der Waals surface area contributed by atoms with Gasteiger partial charge in [-0.05, 0) is 25.6 Å². The zero-order chi connectivity index (χ0) is 13.8. The quantitative estimate of drug-likeness (QED) is 0.802. The van der Waals surface area contributed by atoms with Crippen molar-refractivity contribution in [1.82, 2.24) is 10.2 Å². The Morgan fingerprint density at radius 2 is 2.26 bits per heavy atom. The van der Waals surface area contributed by atoms with Crippen LogP contribution in [0.4, 0.5) is 0 Å². The highest BCUT2D eigenvalue weighted by molar-refractivity contribution is 8.01. The molecule has 0 spiro atoms. The van der Waals surface area contributed by atoms with Crippen molar-refractivity contribution in [2.75, 3.05) is 19.3 Å². The second-order valence-electron chi connectivity index (χ2n) is 5.22. The first-order valence-electron chi connectivity index (χ1n) is 6.12. The van der Waals surface area contributed by atoms with Gasteiger partial charge in [-0.2, -0.15) is 0 Å². The molecule has 1 fully saturated rings. The van der Waals surface area contributed by atoms with Gasteiger partial charge in [0.2, 0.25) is 10.0 Å². The molecule has 5 nitrogen and oxygen atoms in total. The van der Waals surface area contributed by atoms with Crippen LogP contribution in [0.2, 0.25) is 0 Å². The Bertz CT molecular complexity index is 598. The topological polar surface area (TPSA) is 75.4 Å². The molecule has 19 heavy (non-hydrogen) atoms. The molecule has 2 aliphatic heterocycles. The summed E-state index contributed by atoms with van der Waals surface area (Å²) in [7, 11) is -1.47. The molecule has 2 aliphatic rings. The summed E-state index contributed by atoms with van der Waals surface area (Å²) < 4.78 is 24.3. The predicted octanol–water partition coefficient (Wildman–Crippen LogP) is 0.834. The van der Waals surface area contributed by atoms with Crippen LogP contribution in [0.1, 0.15) is 18.5 Å². The van der Waals surface area contributed by atoms with E-state index in [9.17, 15) is 8.42 Å². The fraction of sp³-hybridized carbons (Fsp3) is 0.636. The number of primary sulfonamides is 1. The zero-order valence-electron chi connectivity index (χ0n) is 10.8. The number of nitrogens with zero attached hydrogens (tertiary/aromatic N) is 1. The van der Waals surface area contributed by atoms with Gasteiger partial charge in [-0.15, -0.1) is 23.1 Å². The lowest BCUT2D eigenvalue weighted by Crippen LogP contribution is -2.57. The molecule has 3 atom stereocenters. The first-order chi connectivity index (χ1) is 8.86. The lowest BCUT2D eigenvalue weighted by molar-refractivity contribution is 0.134. The summed E-state index contributed by atoms with van der Waals surface area (Å²) in [6.07, 6.45) is 0. The Morgan fingerprint density at radius 3 is 2.95 bits per heavy atom. The summed E-state index contributed by atoms with van der Waals surface area (Å²) in [6, 6.07) is 2.77. The molecule has 0 unspecified atom stereocenters. The minimum atomic E-state index is -3.60. The van der Waals surface area contributed by atoms with Crippen molar-refractivity contribution in [1.29, 1.82) is 0 Å². The Labute approximate surface area is 121 Å². The summed E-state index contributed by atoms with van der Waals surface area (Å²) in [6.45, 7) is 3.17. The second-order valence-corrected chi connectivity index (χ2v) is 9.35. The molecule has 106 valence electrons. The predicted molar refractivity (Wildman–Crippen MR) is 78.2 cm³/mol. The summed E-state index contributed by atoms with van der Waals surface area (Å²) in [5.41, 5.74) is 1.09. The first kappa shape index (κ1) is 13.8. The standard InChI is InChI=1S/C11H17N3O2S3/c1-6-4-14(2)8-5-17-11-7(10(8)13-6)3-9(18-11)19(12,15)16/h3,6,8,10,13H,4-5H2,1-2H3,(H2,12,15,16)/t6-,8+,10+/m0/s1. The van der Waals surface area contributed by atoms with Crippen LogP contribution in [-0.4, -0.2) is 44.7 Å². The second kappa shape index (κ2) is 4.71. The number of likely N-dealkylation sites (N-methyl/N-ethyl adjacent to an activating group) is 1. The van der Waals surface area contributed by atoms with E-state index < -0.39 is 10.0 Å². The third-order valence-electron chi connectivity index (χ3n) is 3.68. The van der Waals surface area contributed by atoms with Crippen LogP contribution in [0.25, 0.3) is 0 Å². The van der Waals surface area contributed by atoms with Gasteiger partial charge >= 0.3 is 0 Å². The number of fused-ring (bicyclic) bond motifs is 3. The lowest BCUT2D eigenvalue weighted by atomic mass is 9.97. The number of sulfonamides is 1. The molecule has 3 heterocycles. The number of thioether (sulfide) groups is 1. The smallest absolute Gasteiger partial charge is 0.247 e. The Balaban J connectivity index is 2.02. The van der Waals surface area contributed by atoms with E-state index in [-0.39, 0.29) is 10.3 Å². The molecule has 0 amide bonds. The number of piperazine rings is 1. The van der Waals surface area contributed by atoms with Crippen molar-refractivity contribution in [2.24, 2.45) is 5.14 Å². The van der Waals surface area contributed by atoms with Gasteiger partial charge in [0.25, 0.3) is 0 Å². The van der Waals surface area contributed by atoms with Gasteiger partial charge < -0.3 is 5.32 Å². The maximum absolute atomic E-state index is 11.5. The van der Waals surface area contributed by atoms with E-state index in [4.69, 9.17) is 5.14 Å². The molecule has 3 rings (SSSR count). The minimum Gasteiger partial charge on any atom is -0.305 e. The van der Waals surface area contributed by atoms with Crippen molar-refractivity contribution in [3.63, 3.8) is 0 Å². The molecule has 0 radical (unpaired) electrons. The number of rotatable bonds is 1. The largest absolute Gasteiger partial charge is 0.305 e. The summed E-state index contributed by atoms with van der Waals surface area (Å²) in [5.74, 6) is 0.985. The molecule has 3 N–H and O–H groups in total. The van der Waals surface area contributed by atoms with E-state index in [0.717, 1.165) is 22.1 Å². The van der Waals surface area contributed by atoms with Crippen LogP contribution in [-0.2, 0) is 10.0 Å². The van der Waals surface area contributed by atoms with Crippen molar-refractivity contribution >= 4 is 33.1 Å². The average molecular weight is 319 g/mol. The number of hydrogen-bond acceptors (Lipinski definition) is 6. The van der Waals surface area contributed by atoms with Gasteiger partial charge in [0, 0.05) is 24.4 Å². The van der Waals surface area contributed by atoms with Crippen molar-refractivity contribution in [3.05, 3.63) is 11.6 Å². The average Bonchev–Trinajstić information content (AvgIpc) is 2.72. The van der Waals surface area contributed by atoms with Crippen LogP contribution >= 0.6 is 23.1 Å². The summed E-state index contributed by atoms with van der Waals surface area (Å²) in [4.78, 5) is 2.36. The Hall–Kier alpha value is -0.120. The van der Waals surface area contributed by atoms with Crippen LogP contribution in [0, 0.1) is 0 Å². The van der Waals surface area contributed by atoms with E-state index in [1.54, 1.807) is 17.8 Å². The highest BCUT2D eigenvalue weighted by Crippen LogP contribution is 2.45. The third kappa shape index (κ3) is 2.45. The maximum Gasteiger partial charge on any atom is 0.247 e. The molecule has 0 aromatic carbocycles. The van der Waals surface area contributed by atoms with E-state index >= 15 is 0 Å². The lowest BCUT2D eigenvalue weighted by Gasteiger charge is -2.45. The van der Waals surface area contributed by atoms with E-state index in [0.29, 0.717) is 12.1 Å². The van der Waals surface area contributed by atoms with E-state index in [1.165, 1.54) is 11.3 Å². The third-order valence-corrected chi connectivity index (χ3v) is 7.66. The minimum absolute atomic E-state index is 0.205. The molecule has 0 saturated carbocycles. The van der Waals surface area contributed by atoms with Gasteiger partial charge in [0.1, 0.15) is 4.21 Å². The highest BCUT2D eigenvalue weighted by atomic mass is 32.3. The maximum atomic E-state index is 11.5. The van der Waals surface area contributed by atoms with Gasteiger partial charge in [-0.3, -0.25) is 4.90 Å². The normalized spacial score (nSPS) is 31.8. The Kier molecular flexibility index (Phi) is 3.43. The molecule has 0 bridgehead atoms. The van der Waals surface area contributed by atoms with Gasteiger partial charge in [0.05, 0.1) is 10.3 Å². The van der Waals surface area contributed by atoms with Crippen molar-refractivity contribution in [2.45, 2.75) is 33.5 Å². The molecule has 1 aromatic rings. The zero-order valence-corrected chi connectivity index (χ0v) is 13.2. The molecule has 1 saturated heterocycles.